The first-order valence-electron chi connectivity index (χ1n) is 2.88. The minimum atomic E-state index is 0.358. The van der Waals surface area contributed by atoms with Crippen LogP contribution in [-0.2, 0) is 7.05 Å². The first-order valence-corrected chi connectivity index (χ1v) is 2.88. The zero-order chi connectivity index (χ0) is 7.40. The molecule has 4 heteroatoms. The lowest BCUT2D eigenvalue weighted by Crippen LogP contribution is -1.92. The molecule has 0 amide bonds. The predicted molar refractivity (Wildman–Crippen MR) is 36.9 cm³/mol. The summed E-state index contributed by atoms with van der Waals surface area (Å²) in [6.45, 7) is 0.358. The van der Waals surface area contributed by atoms with Crippen molar-refractivity contribution in [3.63, 3.8) is 0 Å². The summed E-state index contributed by atoms with van der Waals surface area (Å²) in [6, 6.07) is 0. The van der Waals surface area contributed by atoms with Crippen LogP contribution in [0, 0.1) is 11.8 Å². The van der Waals surface area contributed by atoms with Gasteiger partial charge in [0.2, 0.25) is 0 Å². The lowest BCUT2D eigenvalue weighted by molar-refractivity contribution is 0.714. The smallest absolute Gasteiger partial charge is 0.155 e. The molecule has 4 nitrogen and oxygen atoms in total. The van der Waals surface area contributed by atoms with Crippen LogP contribution in [0.1, 0.15) is 5.69 Å². The Kier molecular flexibility index (Phi) is 2.03. The quantitative estimate of drug-likeness (QED) is 0.471. The molecular formula is C6H8N4. The molecule has 1 aromatic heterocycles. The molecule has 0 saturated heterocycles. The molecule has 0 fully saturated rings. The fourth-order valence-electron chi connectivity index (χ4n) is 0.546. The molecule has 1 aromatic rings. The summed E-state index contributed by atoms with van der Waals surface area (Å²) < 4.78 is 1.60. The molecular weight excluding hydrogens is 128 g/mol. The van der Waals surface area contributed by atoms with Gasteiger partial charge in [0.15, 0.2) is 5.69 Å². The summed E-state index contributed by atoms with van der Waals surface area (Å²) in [7, 11) is 1.79. The monoisotopic (exact) mass is 136 g/mol. The summed E-state index contributed by atoms with van der Waals surface area (Å²) >= 11 is 0. The number of hydrogen-bond donors (Lipinski definition) is 1. The van der Waals surface area contributed by atoms with Gasteiger partial charge in [0.1, 0.15) is 0 Å². The summed E-state index contributed by atoms with van der Waals surface area (Å²) in [4.78, 5) is 0. The molecule has 0 aliphatic carbocycles. The minimum Gasteiger partial charge on any atom is -0.320 e. The number of nitrogens with two attached hydrogens (primary N) is 1. The lowest BCUT2D eigenvalue weighted by atomic mass is 10.4. The zero-order valence-corrected chi connectivity index (χ0v) is 5.70. The summed E-state index contributed by atoms with van der Waals surface area (Å²) in [6.07, 6.45) is 1.74. The summed E-state index contributed by atoms with van der Waals surface area (Å²) in [5, 5.41) is 7.43. The second-order valence-corrected chi connectivity index (χ2v) is 1.78. The molecule has 0 radical (unpaired) electrons. The summed E-state index contributed by atoms with van der Waals surface area (Å²) in [5.74, 6) is 5.44. The molecule has 1 heterocycles. The molecule has 0 spiro atoms. The molecule has 0 aromatic carbocycles. The van der Waals surface area contributed by atoms with E-state index in [2.05, 4.69) is 22.2 Å². The Balaban J connectivity index is 2.76. The molecule has 0 saturated carbocycles. The van der Waals surface area contributed by atoms with Gasteiger partial charge in [-0.1, -0.05) is 11.1 Å². The highest BCUT2D eigenvalue weighted by Gasteiger charge is 1.89. The van der Waals surface area contributed by atoms with Gasteiger partial charge < -0.3 is 5.73 Å². The van der Waals surface area contributed by atoms with Gasteiger partial charge in [0, 0.05) is 7.05 Å². The van der Waals surface area contributed by atoms with Gasteiger partial charge in [0.25, 0.3) is 0 Å². The van der Waals surface area contributed by atoms with Gasteiger partial charge in [-0.15, -0.1) is 5.10 Å². The average Bonchev–Trinajstić information content (AvgIpc) is 2.31. The number of hydrogen-bond acceptors (Lipinski definition) is 3. The van der Waals surface area contributed by atoms with E-state index < -0.39 is 0 Å². The van der Waals surface area contributed by atoms with Crippen molar-refractivity contribution in [1.29, 1.82) is 0 Å². The first kappa shape index (κ1) is 6.78. The lowest BCUT2D eigenvalue weighted by Gasteiger charge is -1.75. The van der Waals surface area contributed by atoms with Gasteiger partial charge >= 0.3 is 0 Å². The highest BCUT2D eigenvalue weighted by Crippen LogP contribution is 1.84. The Morgan fingerprint density at radius 3 is 3.10 bits per heavy atom. The van der Waals surface area contributed by atoms with Crippen molar-refractivity contribution in [2.24, 2.45) is 12.8 Å². The largest absolute Gasteiger partial charge is 0.320 e. The third-order valence-corrected chi connectivity index (χ3v) is 0.921. The van der Waals surface area contributed by atoms with Crippen LogP contribution in [0.3, 0.4) is 0 Å². The Labute approximate surface area is 59.0 Å². The van der Waals surface area contributed by atoms with Crippen LogP contribution >= 0.6 is 0 Å². The molecule has 0 unspecified atom stereocenters. The van der Waals surface area contributed by atoms with E-state index in [0.29, 0.717) is 12.2 Å². The van der Waals surface area contributed by atoms with Crippen LogP contribution in [0.25, 0.3) is 0 Å². The second kappa shape index (κ2) is 2.99. The van der Waals surface area contributed by atoms with Crippen molar-refractivity contribution in [1.82, 2.24) is 15.0 Å². The number of aromatic nitrogens is 3. The van der Waals surface area contributed by atoms with E-state index in [1.165, 1.54) is 0 Å². The zero-order valence-electron chi connectivity index (χ0n) is 5.70. The van der Waals surface area contributed by atoms with Crippen molar-refractivity contribution in [2.75, 3.05) is 6.54 Å². The molecule has 52 valence electrons. The van der Waals surface area contributed by atoms with E-state index in [0.717, 1.165) is 0 Å². The van der Waals surface area contributed by atoms with Crippen LogP contribution < -0.4 is 5.73 Å². The van der Waals surface area contributed by atoms with Crippen molar-refractivity contribution in [2.45, 2.75) is 0 Å². The highest BCUT2D eigenvalue weighted by atomic mass is 15.4. The third kappa shape index (κ3) is 1.57. The molecule has 10 heavy (non-hydrogen) atoms. The van der Waals surface area contributed by atoms with Gasteiger partial charge in [0.05, 0.1) is 12.7 Å². The SMILES string of the molecule is Cn1cc(C#CCN)nn1. The minimum absolute atomic E-state index is 0.358. The van der Waals surface area contributed by atoms with Crippen molar-refractivity contribution in [3.8, 4) is 11.8 Å². The van der Waals surface area contributed by atoms with Gasteiger partial charge in [-0.2, -0.15) is 0 Å². The van der Waals surface area contributed by atoms with Crippen LogP contribution in [0.2, 0.25) is 0 Å². The molecule has 0 atom stereocenters. The standard InChI is InChI=1S/C6H8N4/c1-10-5-6(8-9-10)3-2-4-7/h5H,4,7H2,1H3. The van der Waals surface area contributed by atoms with Crippen LogP contribution in [0.15, 0.2) is 6.20 Å². The maximum Gasteiger partial charge on any atom is 0.155 e. The van der Waals surface area contributed by atoms with Crippen LogP contribution in [0.4, 0.5) is 0 Å². The van der Waals surface area contributed by atoms with Gasteiger partial charge in [-0.3, -0.25) is 4.68 Å². The second-order valence-electron chi connectivity index (χ2n) is 1.78. The molecule has 0 aliphatic heterocycles. The van der Waals surface area contributed by atoms with E-state index in [4.69, 9.17) is 5.73 Å². The predicted octanol–water partition coefficient (Wildman–Crippen LogP) is -0.875. The molecule has 0 bridgehead atoms. The van der Waals surface area contributed by atoms with Crippen LogP contribution in [0.5, 0.6) is 0 Å². The Bertz CT molecular complexity index is 265. The van der Waals surface area contributed by atoms with Crippen LogP contribution in [-0.4, -0.2) is 21.5 Å². The molecule has 0 aliphatic rings. The normalized spacial score (nSPS) is 8.60. The molecule has 2 N–H and O–H groups in total. The van der Waals surface area contributed by atoms with E-state index >= 15 is 0 Å². The fraction of sp³-hybridized carbons (Fsp3) is 0.333. The Morgan fingerprint density at radius 1 is 1.80 bits per heavy atom. The third-order valence-electron chi connectivity index (χ3n) is 0.921. The maximum absolute atomic E-state index is 5.15. The summed E-state index contributed by atoms with van der Waals surface area (Å²) in [5.41, 5.74) is 5.81. The fourth-order valence-corrected chi connectivity index (χ4v) is 0.546. The van der Waals surface area contributed by atoms with Crippen molar-refractivity contribution >= 4 is 0 Å². The first-order chi connectivity index (χ1) is 4.83. The number of nitrogens with zero attached hydrogens (tertiary/aromatic N) is 3. The van der Waals surface area contributed by atoms with Gasteiger partial charge in [-0.25, -0.2) is 0 Å². The topological polar surface area (TPSA) is 56.7 Å². The molecule has 1 rings (SSSR count). The average molecular weight is 136 g/mol. The van der Waals surface area contributed by atoms with Crippen molar-refractivity contribution in [3.05, 3.63) is 11.9 Å². The van der Waals surface area contributed by atoms with E-state index in [9.17, 15) is 0 Å². The Morgan fingerprint density at radius 2 is 2.60 bits per heavy atom. The van der Waals surface area contributed by atoms with Crippen molar-refractivity contribution < 1.29 is 0 Å². The highest BCUT2D eigenvalue weighted by molar-refractivity contribution is 5.23. The number of rotatable bonds is 0. The van der Waals surface area contributed by atoms with E-state index in [1.54, 1.807) is 17.9 Å². The maximum atomic E-state index is 5.15. The van der Waals surface area contributed by atoms with E-state index in [-0.39, 0.29) is 0 Å². The van der Waals surface area contributed by atoms with E-state index in [1.807, 2.05) is 0 Å². The van der Waals surface area contributed by atoms with Gasteiger partial charge in [-0.05, 0) is 5.92 Å². The number of aryl methyl sites for hydroxylation is 1. The Hall–Kier alpha value is -1.34.